The molecule has 0 radical (unpaired) electrons. The van der Waals surface area contributed by atoms with Gasteiger partial charge in [-0.1, -0.05) is 24.3 Å². The number of carbonyl (C=O) groups is 4. The van der Waals surface area contributed by atoms with Gasteiger partial charge in [0.2, 0.25) is 5.91 Å². The first-order valence-electron chi connectivity index (χ1n) is 17.3. The van der Waals surface area contributed by atoms with Gasteiger partial charge in [0.05, 0.1) is 68.2 Å². The van der Waals surface area contributed by atoms with Crippen LogP contribution >= 0.6 is 0 Å². The van der Waals surface area contributed by atoms with Crippen LogP contribution in [0.5, 0.6) is 5.75 Å². The third kappa shape index (κ3) is 18.2. The minimum absolute atomic E-state index is 0.0633. The lowest BCUT2D eigenvalue weighted by Crippen LogP contribution is -2.31. The van der Waals surface area contributed by atoms with Crippen LogP contribution in [0.25, 0.3) is 0 Å². The summed E-state index contributed by atoms with van der Waals surface area (Å²) >= 11 is 0. The second kappa shape index (κ2) is 24.4. The van der Waals surface area contributed by atoms with Gasteiger partial charge in [0.1, 0.15) is 19.0 Å². The van der Waals surface area contributed by atoms with E-state index >= 15 is 0 Å². The lowest BCUT2D eigenvalue weighted by atomic mass is 10.0. The van der Waals surface area contributed by atoms with Crippen LogP contribution in [0.4, 0.5) is 0 Å². The fourth-order valence-corrected chi connectivity index (χ4v) is 5.93. The summed E-state index contributed by atoms with van der Waals surface area (Å²) in [6.45, 7) is 1.46. The van der Waals surface area contributed by atoms with Crippen molar-refractivity contribution in [2.24, 2.45) is 0 Å². The average molecular weight is 774 g/mol. The molecule has 54 heavy (non-hydrogen) atoms. The molecule has 0 bridgehead atoms. The quantitative estimate of drug-likeness (QED) is 0.0776. The Labute approximate surface area is 314 Å². The molecule has 1 heterocycles. The Bertz CT molecular complexity index is 1700. The summed E-state index contributed by atoms with van der Waals surface area (Å²) in [5.74, 6) is -2.27. The van der Waals surface area contributed by atoms with Gasteiger partial charge in [-0.05, 0) is 66.8 Å². The minimum atomic E-state index is -3.67. The van der Waals surface area contributed by atoms with Gasteiger partial charge in [-0.25, -0.2) is 13.2 Å². The number of aliphatic carboxylic acids is 2. The van der Waals surface area contributed by atoms with E-state index in [4.69, 9.17) is 33.9 Å². The number of sulfone groups is 1. The van der Waals surface area contributed by atoms with Crippen LogP contribution in [-0.2, 0) is 61.8 Å². The molecule has 2 amide bonds. The number of carboxylic acid groups (broad SMARTS) is 2. The fourth-order valence-electron chi connectivity index (χ4n) is 4.66. The maximum atomic E-state index is 13.1. The zero-order chi connectivity index (χ0) is 39.0. The number of aromatic nitrogens is 1. The molecule has 1 aromatic heterocycles. The second-order valence-corrected chi connectivity index (χ2v) is 13.8. The molecule has 0 saturated heterocycles. The lowest BCUT2D eigenvalue weighted by molar-refractivity contribution is -0.143. The highest BCUT2D eigenvalue weighted by Gasteiger charge is 2.17. The molecule has 3 aromatic rings. The van der Waals surface area contributed by atoms with Crippen molar-refractivity contribution in [3.63, 3.8) is 0 Å². The molecule has 0 saturated carbocycles. The summed E-state index contributed by atoms with van der Waals surface area (Å²) in [7, 11) is -3.67. The first-order chi connectivity index (χ1) is 26.0. The zero-order valence-corrected chi connectivity index (χ0v) is 30.7. The largest absolute Gasteiger partial charge is 0.494 e. The molecule has 3 rings (SSSR count). The summed E-state index contributed by atoms with van der Waals surface area (Å²) in [5.41, 5.74) is 2.64. The van der Waals surface area contributed by atoms with E-state index in [9.17, 15) is 27.6 Å². The molecule has 0 fully saturated rings. The van der Waals surface area contributed by atoms with Crippen LogP contribution < -0.4 is 15.4 Å². The van der Waals surface area contributed by atoms with Gasteiger partial charge in [-0.15, -0.1) is 0 Å². The van der Waals surface area contributed by atoms with Crippen molar-refractivity contribution in [2.45, 2.75) is 36.3 Å². The van der Waals surface area contributed by atoms with Crippen molar-refractivity contribution in [3.05, 3.63) is 89.2 Å². The molecule has 4 N–H and O–H groups in total. The summed E-state index contributed by atoms with van der Waals surface area (Å²) in [5, 5.41) is 22.5. The van der Waals surface area contributed by atoms with E-state index < -0.39 is 27.7 Å². The second-order valence-electron chi connectivity index (χ2n) is 11.8. The van der Waals surface area contributed by atoms with Gasteiger partial charge in [0.25, 0.3) is 5.91 Å². The molecular weight excluding hydrogens is 726 g/mol. The van der Waals surface area contributed by atoms with Crippen LogP contribution in [0, 0.1) is 0 Å². The maximum absolute atomic E-state index is 13.1. The van der Waals surface area contributed by atoms with E-state index in [0.29, 0.717) is 30.9 Å². The third-order valence-corrected chi connectivity index (χ3v) is 9.11. The topological polar surface area (TPSA) is 226 Å². The van der Waals surface area contributed by atoms with Crippen molar-refractivity contribution >= 4 is 33.6 Å². The van der Waals surface area contributed by atoms with Crippen molar-refractivity contribution in [2.75, 3.05) is 72.6 Å². The Morgan fingerprint density at radius 2 is 1.24 bits per heavy atom. The molecule has 17 heteroatoms. The standard InChI is InChI=1S/C37H47N3O13S/c41-34(38-15-18-49-21-23-52-26-36(44)45)25-51-22-20-50-19-16-39-37(46)30-9-10-31(40-24-30)27-54(47,48)33-13-7-29(8-14-33)4-3-28-5-11-32(12-6-28)53-17-1-2-35(42)43/h5-14,24H,1-4,15-23,25-27H2,(H,38,41)(H,39,46)(H,42,43)(H,44,45). The van der Waals surface area contributed by atoms with Gasteiger partial charge in [-0.2, -0.15) is 0 Å². The number of carboxylic acids is 2. The van der Waals surface area contributed by atoms with E-state index in [1.807, 2.05) is 24.3 Å². The number of pyridine rings is 1. The van der Waals surface area contributed by atoms with Crippen LogP contribution in [0.1, 0.15) is 40.0 Å². The number of ether oxygens (including phenoxy) is 5. The number of amides is 2. The van der Waals surface area contributed by atoms with Crippen LogP contribution in [0.15, 0.2) is 71.8 Å². The zero-order valence-electron chi connectivity index (χ0n) is 29.9. The molecule has 2 aromatic carbocycles. The van der Waals surface area contributed by atoms with Crippen molar-refractivity contribution in [1.82, 2.24) is 15.6 Å². The smallest absolute Gasteiger partial charge is 0.329 e. The first-order valence-corrected chi connectivity index (χ1v) is 18.9. The van der Waals surface area contributed by atoms with E-state index in [1.165, 1.54) is 18.3 Å². The summed E-state index contributed by atoms with van der Waals surface area (Å²) in [4.78, 5) is 49.5. The number of hydrogen-bond acceptors (Lipinski definition) is 12. The highest BCUT2D eigenvalue weighted by atomic mass is 32.2. The van der Waals surface area contributed by atoms with Gasteiger partial charge >= 0.3 is 11.9 Å². The Kier molecular flexibility index (Phi) is 19.6. The molecule has 0 aliphatic heterocycles. The van der Waals surface area contributed by atoms with Gasteiger partial charge < -0.3 is 44.5 Å². The molecule has 0 atom stereocenters. The molecule has 294 valence electrons. The van der Waals surface area contributed by atoms with E-state index in [2.05, 4.69) is 15.6 Å². The number of benzene rings is 2. The number of aryl methyl sites for hydroxylation is 2. The number of hydrogen-bond donors (Lipinski definition) is 4. The predicted octanol–water partition coefficient (Wildman–Crippen LogP) is 2.08. The van der Waals surface area contributed by atoms with Gasteiger partial charge in [0, 0.05) is 25.7 Å². The monoisotopic (exact) mass is 773 g/mol. The Balaban J connectivity index is 1.26. The molecular formula is C37H47N3O13S. The van der Waals surface area contributed by atoms with Crippen molar-refractivity contribution < 1.29 is 61.5 Å². The maximum Gasteiger partial charge on any atom is 0.329 e. The average Bonchev–Trinajstić information content (AvgIpc) is 3.15. The summed E-state index contributed by atoms with van der Waals surface area (Å²) in [6.07, 6.45) is 3.28. The highest BCUT2D eigenvalue weighted by Crippen LogP contribution is 2.19. The SMILES string of the molecule is O=C(O)CCCOc1ccc(CCc2ccc(S(=O)(=O)Cc3ccc(C(=O)NCCOCCOCC(=O)NCCOCCOCC(=O)O)cn3)cc2)cc1. The highest BCUT2D eigenvalue weighted by molar-refractivity contribution is 7.90. The summed E-state index contributed by atoms with van der Waals surface area (Å²) in [6, 6.07) is 17.4. The van der Waals surface area contributed by atoms with E-state index in [-0.39, 0.29) is 94.5 Å². The van der Waals surface area contributed by atoms with E-state index in [0.717, 1.165) is 17.5 Å². The molecule has 0 aliphatic carbocycles. The minimum Gasteiger partial charge on any atom is -0.494 e. The molecule has 0 unspecified atom stereocenters. The molecule has 16 nitrogen and oxygen atoms in total. The Morgan fingerprint density at radius 1 is 0.648 bits per heavy atom. The van der Waals surface area contributed by atoms with Crippen LogP contribution in [0.2, 0.25) is 0 Å². The number of nitrogens with zero attached hydrogens (tertiary/aromatic N) is 1. The van der Waals surface area contributed by atoms with Crippen LogP contribution in [0.3, 0.4) is 0 Å². The third-order valence-electron chi connectivity index (χ3n) is 7.44. The fraction of sp³-hybridized carbons (Fsp3) is 0.432. The van der Waals surface area contributed by atoms with Crippen molar-refractivity contribution in [1.29, 1.82) is 0 Å². The lowest BCUT2D eigenvalue weighted by Gasteiger charge is -2.09. The Morgan fingerprint density at radius 3 is 1.83 bits per heavy atom. The van der Waals surface area contributed by atoms with E-state index in [1.54, 1.807) is 24.3 Å². The van der Waals surface area contributed by atoms with Crippen molar-refractivity contribution in [3.8, 4) is 5.75 Å². The van der Waals surface area contributed by atoms with Gasteiger partial charge in [-0.3, -0.25) is 19.4 Å². The molecule has 0 aliphatic rings. The molecule has 0 spiro atoms. The number of nitrogens with one attached hydrogen (secondary N) is 2. The Hall–Kier alpha value is -4.94. The summed E-state index contributed by atoms with van der Waals surface area (Å²) < 4.78 is 52.3. The predicted molar refractivity (Wildman–Crippen MR) is 194 cm³/mol. The number of carbonyl (C=O) groups excluding carboxylic acids is 2. The number of rotatable bonds is 28. The first kappa shape index (κ1) is 43.5. The van der Waals surface area contributed by atoms with Crippen LogP contribution in [-0.4, -0.2) is 120 Å². The normalized spacial score (nSPS) is 11.2. The van der Waals surface area contributed by atoms with Gasteiger partial charge in [0.15, 0.2) is 9.84 Å².